The second kappa shape index (κ2) is 5.40. The smallest absolute Gasteiger partial charge is 0.196 e. The van der Waals surface area contributed by atoms with Crippen molar-refractivity contribution in [2.24, 2.45) is 4.99 Å². The summed E-state index contributed by atoms with van der Waals surface area (Å²) >= 11 is 0. The number of hydrogen-bond acceptors (Lipinski definition) is 7. The number of rotatable bonds is 3. The van der Waals surface area contributed by atoms with Gasteiger partial charge in [0.15, 0.2) is 12.2 Å². The molecule has 1 saturated heterocycles. The zero-order valence-corrected chi connectivity index (χ0v) is 10.4. The summed E-state index contributed by atoms with van der Waals surface area (Å²) in [7, 11) is 0. The highest BCUT2D eigenvalue weighted by atomic mass is 16.4. The highest BCUT2D eigenvalue weighted by molar-refractivity contribution is 5.82. The quantitative estimate of drug-likeness (QED) is 0.369. The Morgan fingerprint density at radius 2 is 1.94 bits per heavy atom. The van der Waals surface area contributed by atoms with Gasteiger partial charge in [0.1, 0.15) is 18.3 Å². The highest BCUT2D eigenvalue weighted by Gasteiger charge is 2.50. The first-order valence-electron chi connectivity index (χ1n) is 6.36. The standard InChI is InChI=1S/C11H21N3O4/c1-2-3-4-12-11-13-5-6-7(15)8(16)9(17)10(18)14(6)11/h6-10,15-18H,2-5H2,1H3,(H,12,13)/t6-,7+,8+,9-,10-/m1/s1. The van der Waals surface area contributed by atoms with Crippen molar-refractivity contribution >= 4 is 5.96 Å². The van der Waals surface area contributed by atoms with Crippen molar-refractivity contribution in [2.45, 2.75) is 50.3 Å². The first kappa shape index (κ1) is 13.5. The minimum absolute atomic E-state index is 0.302. The number of nitrogens with one attached hydrogen (secondary N) is 1. The van der Waals surface area contributed by atoms with E-state index in [2.05, 4.69) is 17.2 Å². The number of hydrogen-bond donors (Lipinski definition) is 5. The van der Waals surface area contributed by atoms with E-state index in [0.29, 0.717) is 12.5 Å². The van der Waals surface area contributed by atoms with Crippen LogP contribution in [-0.4, -0.2) is 75.0 Å². The SMILES string of the molecule is CCCCNC1=NC[C@@H]2[C@H](O)[C@H](O)[C@@H](O)[C@@H](O)N12. The van der Waals surface area contributed by atoms with Gasteiger partial charge in [0.2, 0.25) is 0 Å². The van der Waals surface area contributed by atoms with Gasteiger partial charge in [-0.25, -0.2) is 0 Å². The maximum atomic E-state index is 9.95. The van der Waals surface area contributed by atoms with E-state index >= 15 is 0 Å². The van der Waals surface area contributed by atoms with E-state index in [1.165, 1.54) is 4.90 Å². The van der Waals surface area contributed by atoms with Crippen LogP contribution in [0.15, 0.2) is 4.99 Å². The molecule has 0 aliphatic carbocycles. The second-order valence-corrected chi connectivity index (χ2v) is 4.80. The molecule has 7 heteroatoms. The molecule has 2 rings (SSSR count). The third-order valence-electron chi connectivity index (χ3n) is 3.53. The lowest BCUT2D eigenvalue weighted by molar-refractivity contribution is -0.192. The van der Waals surface area contributed by atoms with Crippen LogP contribution in [0, 0.1) is 0 Å². The topological polar surface area (TPSA) is 109 Å². The normalized spacial score (nSPS) is 39.5. The van der Waals surface area contributed by atoms with Gasteiger partial charge >= 0.3 is 0 Å². The van der Waals surface area contributed by atoms with E-state index in [0.717, 1.165) is 19.4 Å². The molecule has 104 valence electrons. The summed E-state index contributed by atoms with van der Waals surface area (Å²) in [5.41, 5.74) is 0. The summed E-state index contributed by atoms with van der Waals surface area (Å²) in [6.07, 6.45) is -3.09. The lowest BCUT2D eigenvalue weighted by Gasteiger charge is -2.44. The zero-order chi connectivity index (χ0) is 13.3. The van der Waals surface area contributed by atoms with Crippen LogP contribution in [0.3, 0.4) is 0 Å². The second-order valence-electron chi connectivity index (χ2n) is 4.80. The molecule has 0 unspecified atom stereocenters. The van der Waals surface area contributed by atoms with Crippen LogP contribution in [0.4, 0.5) is 0 Å². The van der Waals surface area contributed by atoms with Crippen molar-refractivity contribution in [1.82, 2.24) is 10.2 Å². The van der Waals surface area contributed by atoms with Gasteiger partial charge in [0, 0.05) is 6.54 Å². The molecule has 0 spiro atoms. The van der Waals surface area contributed by atoms with Crippen molar-refractivity contribution in [3.05, 3.63) is 0 Å². The van der Waals surface area contributed by atoms with Gasteiger partial charge in [-0.2, -0.15) is 0 Å². The van der Waals surface area contributed by atoms with Gasteiger partial charge in [0.25, 0.3) is 0 Å². The van der Waals surface area contributed by atoms with Crippen LogP contribution in [0.1, 0.15) is 19.8 Å². The molecule has 2 aliphatic rings. The van der Waals surface area contributed by atoms with Crippen molar-refractivity contribution in [1.29, 1.82) is 0 Å². The number of aliphatic hydroxyl groups excluding tert-OH is 4. The molecule has 0 aromatic carbocycles. The van der Waals surface area contributed by atoms with E-state index in [-0.39, 0.29) is 0 Å². The van der Waals surface area contributed by atoms with E-state index in [1.807, 2.05) is 0 Å². The largest absolute Gasteiger partial charge is 0.388 e. The maximum absolute atomic E-state index is 9.95. The van der Waals surface area contributed by atoms with Crippen LogP contribution >= 0.6 is 0 Å². The zero-order valence-electron chi connectivity index (χ0n) is 10.4. The van der Waals surface area contributed by atoms with E-state index in [9.17, 15) is 20.4 Å². The van der Waals surface area contributed by atoms with Gasteiger partial charge in [0.05, 0.1) is 12.6 Å². The molecular weight excluding hydrogens is 238 g/mol. The first-order valence-corrected chi connectivity index (χ1v) is 6.36. The predicted octanol–water partition coefficient (Wildman–Crippen LogP) is -2.17. The lowest BCUT2D eigenvalue weighted by Crippen LogP contribution is -2.67. The van der Waals surface area contributed by atoms with Crippen LogP contribution in [0.5, 0.6) is 0 Å². The van der Waals surface area contributed by atoms with Crippen LogP contribution < -0.4 is 5.32 Å². The van der Waals surface area contributed by atoms with Crippen molar-refractivity contribution in [2.75, 3.05) is 13.1 Å². The lowest BCUT2D eigenvalue weighted by atomic mass is 9.93. The number of nitrogens with zero attached hydrogens (tertiary/aromatic N) is 2. The minimum atomic E-state index is -1.40. The van der Waals surface area contributed by atoms with Gasteiger partial charge in [-0.3, -0.25) is 4.99 Å². The fourth-order valence-electron chi connectivity index (χ4n) is 2.40. The Morgan fingerprint density at radius 3 is 2.61 bits per heavy atom. The number of fused-ring (bicyclic) bond motifs is 1. The molecule has 0 bridgehead atoms. The monoisotopic (exact) mass is 259 g/mol. The Labute approximate surface area is 106 Å². The summed E-state index contributed by atoms with van der Waals surface area (Å²) in [6, 6.07) is -0.484. The van der Waals surface area contributed by atoms with Crippen LogP contribution in [-0.2, 0) is 0 Å². The predicted molar refractivity (Wildman–Crippen MR) is 64.9 cm³/mol. The van der Waals surface area contributed by atoms with Crippen molar-refractivity contribution in [3.8, 4) is 0 Å². The van der Waals surface area contributed by atoms with Gasteiger partial charge in [-0.1, -0.05) is 13.3 Å². The molecule has 0 radical (unpaired) electrons. The number of unbranched alkanes of at least 4 members (excludes halogenated alkanes) is 1. The fraction of sp³-hybridized carbons (Fsp3) is 0.909. The molecule has 5 atom stereocenters. The third-order valence-corrected chi connectivity index (χ3v) is 3.53. The molecule has 0 aromatic heterocycles. The highest BCUT2D eigenvalue weighted by Crippen LogP contribution is 2.26. The van der Waals surface area contributed by atoms with Gasteiger partial charge in [-0.15, -0.1) is 0 Å². The van der Waals surface area contributed by atoms with Gasteiger partial charge < -0.3 is 30.6 Å². The number of piperidine rings is 1. The molecule has 18 heavy (non-hydrogen) atoms. The molecular formula is C11H21N3O4. The summed E-state index contributed by atoms with van der Waals surface area (Å²) in [4.78, 5) is 5.67. The Kier molecular flexibility index (Phi) is 4.06. The number of guanidine groups is 1. The van der Waals surface area contributed by atoms with Crippen molar-refractivity contribution < 1.29 is 20.4 Å². The molecule has 7 nitrogen and oxygen atoms in total. The van der Waals surface area contributed by atoms with Gasteiger partial charge in [-0.05, 0) is 6.42 Å². The van der Waals surface area contributed by atoms with E-state index in [1.54, 1.807) is 0 Å². The van der Waals surface area contributed by atoms with E-state index in [4.69, 9.17) is 0 Å². The van der Waals surface area contributed by atoms with Crippen LogP contribution in [0.25, 0.3) is 0 Å². The third kappa shape index (κ3) is 2.18. The molecule has 2 heterocycles. The Bertz CT molecular complexity index is 325. The number of aliphatic imine (C=N–C) groups is 1. The van der Waals surface area contributed by atoms with Crippen LogP contribution in [0.2, 0.25) is 0 Å². The summed E-state index contributed by atoms with van der Waals surface area (Å²) in [5, 5.41) is 42.2. The first-order chi connectivity index (χ1) is 8.57. The maximum Gasteiger partial charge on any atom is 0.196 e. The average molecular weight is 259 g/mol. The molecule has 5 N–H and O–H groups in total. The fourth-order valence-corrected chi connectivity index (χ4v) is 2.40. The Balaban J connectivity index is 2.05. The molecule has 0 saturated carbocycles. The summed E-state index contributed by atoms with van der Waals surface area (Å²) < 4.78 is 0. The molecule has 1 fully saturated rings. The Hall–Kier alpha value is -0.890. The molecule has 0 amide bonds. The molecule has 0 aromatic rings. The Morgan fingerprint density at radius 1 is 1.22 bits per heavy atom. The van der Waals surface area contributed by atoms with Crippen molar-refractivity contribution in [3.63, 3.8) is 0 Å². The summed E-state index contributed by atoms with van der Waals surface area (Å²) in [5.74, 6) is 0.478. The average Bonchev–Trinajstić information content (AvgIpc) is 2.78. The number of aliphatic hydroxyl groups is 4. The minimum Gasteiger partial charge on any atom is -0.388 e. The molecule has 2 aliphatic heterocycles. The van der Waals surface area contributed by atoms with E-state index < -0.39 is 30.6 Å². The summed E-state index contributed by atoms with van der Waals surface area (Å²) in [6.45, 7) is 3.09.